The fraction of sp³-hybridized carbons (Fsp3) is 0.533. The number of rotatable bonds is 0. The lowest BCUT2D eigenvalue weighted by molar-refractivity contribution is 0.275. The zero-order valence-corrected chi connectivity index (χ0v) is 9.58. The number of nitrogens with zero attached hydrogens (tertiary/aromatic N) is 1. The number of benzene rings is 1. The molecule has 1 aromatic carbocycles. The third-order valence-electron chi connectivity index (χ3n) is 4.37. The van der Waals surface area contributed by atoms with Gasteiger partial charge in [0.2, 0.25) is 0 Å². The van der Waals surface area contributed by atoms with Crippen LogP contribution in [0.2, 0.25) is 0 Å². The smallest absolute Gasteiger partial charge is 0.0991 e. The Bertz CT molecular complexity index is 441. The van der Waals surface area contributed by atoms with Crippen LogP contribution in [-0.2, 0) is 6.42 Å². The Morgan fingerprint density at radius 2 is 2.00 bits per heavy atom. The van der Waals surface area contributed by atoms with Crippen LogP contribution in [0.15, 0.2) is 18.2 Å². The van der Waals surface area contributed by atoms with Crippen molar-refractivity contribution in [3.8, 4) is 6.07 Å². The second-order valence-electron chi connectivity index (χ2n) is 5.22. The van der Waals surface area contributed by atoms with E-state index >= 15 is 0 Å². The van der Waals surface area contributed by atoms with E-state index in [1.54, 1.807) is 5.56 Å². The van der Waals surface area contributed by atoms with Gasteiger partial charge in [0.25, 0.3) is 0 Å². The molecule has 0 N–H and O–H groups in total. The van der Waals surface area contributed by atoms with Crippen LogP contribution in [-0.4, -0.2) is 0 Å². The Labute approximate surface area is 97.1 Å². The van der Waals surface area contributed by atoms with Crippen LogP contribution in [0.1, 0.15) is 54.7 Å². The third kappa shape index (κ3) is 1.53. The van der Waals surface area contributed by atoms with E-state index in [1.807, 2.05) is 6.07 Å². The molecule has 2 aliphatic carbocycles. The van der Waals surface area contributed by atoms with Gasteiger partial charge in [0.1, 0.15) is 0 Å². The molecular formula is C15H17N. The number of hydrogen-bond acceptors (Lipinski definition) is 1. The van der Waals surface area contributed by atoms with Gasteiger partial charge in [-0.05, 0) is 60.8 Å². The summed E-state index contributed by atoms with van der Waals surface area (Å²) in [4.78, 5) is 0. The Balaban J connectivity index is 1.99. The molecule has 1 aromatic rings. The maximum Gasteiger partial charge on any atom is 0.0991 e. The van der Waals surface area contributed by atoms with Gasteiger partial charge in [-0.2, -0.15) is 5.26 Å². The standard InChI is InChI=1S/C15H17N/c16-10-11-5-8-15-13(9-11)7-6-12-3-1-2-4-14(12)15/h5,8-9,12,14H,1-4,6-7H2. The molecule has 2 aliphatic rings. The van der Waals surface area contributed by atoms with Gasteiger partial charge in [0.15, 0.2) is 0 Å². The van der Waals surface area contributed by atoms with Crippen molar-refractivity contribution < 1.29 is 0 Å². The van der Waals surface area contributed by atoms with Crippen LogP contribution in [0.4, 0.5) is 0 Å². The maximum atomic E-state index is 8.92. The Hall–Kier alpha value is -1.29. The van der Waals surface area contributed by atoms with Gasteiger partial charge in [-0.3, -0.25) is 0 Å². The minimum atomic E-state index is 0.797. The number of nitriles is 1. The van der Waals surface area contributed by atoms with Gasteiger partial charge in [-0.1, -0.05) is 18.9 Å². The lowest BCUT2D eigenvalue weighted by Gasteiger charge is -2.37. The van der Waals surface area contributed by atoms with E-state index < -0.39 is 0 Å². The monoisotopic (exact) mass is 211 g/mol. The number of fused-ring (bicyclic) bond motifs is 3. The summed E-state index contributed by atoms with van der Waals surface area (Å²) in [6.07, 6.45) is 8.12. The summed E-state index contributed by atoms with van der Waals surface area (Å²) in [7, 11) is 0. The Morgan fingerprint density at radius 1 is 1.12 bits per heavy atom. The predicted molar refractivity (Wildman–Crippen MR) is 64.2 cm³/mol. The van der Waals surface area contributed by atoms with Crippen LogP contribution in [0, 0.1) is 17.2 Å². The van der Waals surface area contributed by atoms with Crippen molar-refractivity contribution >= 4 is 0 Å². The normalized spacial score (nSPS) is 27.7. The summed E-state index contributed by atoms with van der Waals surface area (Å²) in [5.41, 5.74) is 3.82. The summed E-state index contributed by atoms with van der Waals surface area (Å²) < 4.78 is 0. The van der Waals surface area contributed by atoms with Crippen LogP contribution < -0.4 is 0 Å². The topological polar surface area (TPSA) is 23.8 Å². The minimum Gasteiger partial charge on any atom is -0.192 e. The van der Waals surface area contributed by atoms with Gasteiger partial charge in [0.05, 0.1) is 11.6 Å². The summed E-state index contributed by atoms with van der Waals surface area (Å²) in [6.45, 7) is 0. The van der Waals surface area contributed by atoms with Crippen LogP contribution in [0.5, 0.6) is 0 Å². The molecule has 0 bridgehead atoms. The van der Waals surface area contributed by atoms with E-state index in [0.717, 1.165) is 17.4 Å². The van der Waals surface area contributed by atoms with E-state index in [2.05, 4.69) is 18.2 Å². The van der Waals surface area contributed by atoms with E-state index in [9.17, 15) is 0 Å². The number of hydrogen-bond donors (Lipinski definition) is 0. The van der Waals surface area contributed by atoms with Crippen LogP contribution in [0.25, 0.3) is 0 Å². The molecule has 0 heterocycles. The van der Waals surface area contributed by atoms with E-state index in [4.69, 9.17) is 5.26 Å². The molecule has 1 nitrogen and oxygen atoms in total. The van der Waals surface area contributed by atoms with Gasteiger partial charge in [-0.15, -0.1) is 0 Å². The maximum absolute atomic E-state index is 8.92. The second-order valence-corrected chi connectivity index (χ2v) is 5.22. The second kappa shape index (κ2) is 3.94. The summed E-state index contributed by atoms with van der Waals surface area (Å²) in [5.74, 6) is 1.72. The number of aryl methyl sites for hydroxylation is 1. The molecule has 2 unspecified atom stereocenters. The first-order chi connectivity index (χ1) is 7.88. The van der Waals surface area contributed by atoms with Crippen molar-refractivity contribution in [1.29, 1.82) is 5.26 Å². The van der Waals surface area contributed by atoms with Gasteiger partial charge >= 0.3 is 0 Å². The highest BCUT2D eigenvalue weighted by Gasteiger charge is 2.31. The van der Waals surface area contributed by atoms with E-state index in [0.29, 0.717) is 0 Å². The largest absolute Gasteiger partial charge is 0.192 e. The molecule has 0 radical (unpaired) electrons. The Morgan fingerprint density at radius 3 is 2.88 bits per heavy atom. The third-order valence-corrected chi connectivity index (χ3v) is 4.37. The molecule has 82 valence electrons. The molecule has 0 amide bonds. The first-order valence-corrected chi connectivity index (χ1v) is 6.41. The quantitative estimate of drug-likeness (QED) is 0.640. The van der Waals surface area contributed by atoms with Gasteiger partial charge in [-0.25, -0.2) is 0 Å². The molecule has 0 spiro atoms. The SMILES string of the molecule is N#Cc1ccc2c(c1)CCC1CCCCC21. The highest BCUT2D eigenvalue weighted by atomic mass is 14.4. The van der Waals surface area contributed by atoms with Crippen molar-refractivity contribution in [3.05, 3.63) is 34.9 Å². The molecule has 1 fully saturated rings. The molecule has 1 saturated carbocycles. The highest BCUT2D eigenvalue weighted by molar-refractivity contribution is 5.41. The van der Waals surface area contributed by atoms with Crippen molar-refractivity contribution in [2.24, 2.45) is 5.92 Å². The molecule has 1 heteroatoms. The van der Waals surface area contributed by atoms with E-state index in [-0.39, 0.29) is 0 Å². The molecule has 3 rings (SSSR count). The molecule has 0 aliphatic heterocycles. The average molecular weight is 211 g/mol. The predicted octanol–water partition coefficient (Wildman–Crippen LogP) is 3.78. The first-order valence-electron chi connectivity index (χ1n) is 6.41. The van der Waals surface area contributed by atoms with Crippen molar-refractivity contribution in [2.45, 2.75) is 44.4 Å². The minimum absolute atomic E-state index is 0.797. The molecule has 2 atom stereocenters. The molecule has 16 heavy (non-hydrogen) atoms. The first kappa shape index (κ1) is 9.90. The molecule has 0 saturated heterocycles. The fourth-order valence-electron chi connectivity index (χ4n) is 3.56. The van der Waals surface area contributed by atoms with Gasteiger partial charge < -0.3 is 0 Å². The lowest BCUT2D eigenvalue weighted by Crippen LogP contribution is -2.23. The Kier molecular flexibility index (Phi) is 2.44. The van der Waals surface area contributed by atoms with Crippen LogP contribution >= 0.6 is 0 Å². The van der Waals surface area contributed by atoms with Gasteiger partial charge in [0, 0.05) is 0 Å². The molecular weight excluding hydrogens is 194 g/mol. The summed E-state index contributed by atoms with van der Waals surface area (Å²) in [6, 6.07) is 8.57. The van der Waals surface area contributed by atoms with E-state index in [1.165, 1.54) is 44.1 Å². The van der Waals surface area contributed by atoms with Crippen molar-refractivity contribution in [3.63, 3.8) is 0 Å². The summed E-state index contributed by atoms with van der Waals surface area (Å²) >= 11 is 0. The van der Waals surface area contributed by atoms with Crippen LogP contribution in [0.3, 0.4) is 0 Å². The zero-order valence-electron chi connectivity index (χ0n) is 9.58. The zero-order chi connectivity index (χ0) is 11.0. The molecule has 0 aromatic heterocycles. The highest BCUT2D eigenvalue weighted by Crippen LogP contribution is 2.45. The average Bonchev–Trinajstić information content (AvgIpc) is 2.38. The lowest BCUT2D eigenvalue weighted by atomic mass is 9.68. The van der Waals surface area contributed by atoms with Crippen molar-refractivity contribution in [1.82, 2.24) is 0 Å². The summed E-state index contributed by atoms with van der Waals surface area (Å²) in [5, 5.41) is 8.92. The van der Waals surface area contributed by atoms with Crippen molar-refractivity contribution in [2.75, 3.05) is 0 Å². The fourth-order valence-corrected chi connectivity index (χ4v) is 3.56.